The first-order valence-electron chi connectivity index (χ1n) is 5.56. The van der Waals surface area contributed by atoms with E-state index < -0.39 is 0 Å². The maximum absolute atomic E-state index is 5.88. The number of likely N-dealkylation sites (N-methyl/N-ethyl adjacent to an activating group) is 1. The monoisotopic (exact) mass is 231 g/mol. The Morgan fingerprint density at radius 3 is 2.65 bits per heavy atom. The number of nitrogens with two attached hydrogens (primary N) is 1. The third-order valence-electron chi connectivity index (χ3n) is 2.68. The van der Waals surface area contributed by atoms with Gasteiger partial charge < -0.3 is 10.6 Å². The maximum atomic E-state index is 5.88. The Bertz CT molecular complexity index is 477. The Kier molecular flexibility index (Phi) is 3.27. The Morgan fingerprint density at radius 2 is 2.06 bits per heavy atom. The van der Waals surface area contributed by atoms with E-state index in [9.17, 15) is 0 Å². The fraction of sp³-hybridized carbons (Fsp3) is 0.333. The number of aromatic nitrogens is 3. The van der Waals surface area contributed by atoms with Crippen molar-refractivity contribution in [1.29, 1.82) is 0 Å². The van der Waals surface area contributed by atoms with Gasteiger partial charge in [-0.3, -0.25) is 9.67 Å². The molecule has 0 aliphatic heterocycles. The van der Waals surface area contributed by atoms with Crippen molar-refractivity contribution in [2.45, 2.75) is 6.42 Å². The highest BCUT2D eigenvalue weighted by Gasteiger charge is 2.09. The molecule has 0 aliphatic carbocycles. The van der Waals surface area contributed by atoms with E-state index in [1.807, 2.05) is 44.8 Å². The SMILES string of the molecule is CN(CCc1ccncc1)c1nn(C)cc1N. The molecule has 2 rings (SSSR count). The minimum absolute atomic E-state index is 0.713. The van der Waals surface area contributed by atoms with Crippen molar-refractivity contribution in [2.75, 3.05) is 24.2 Å². The van der Waals surface area contributed by atoms with E-state index in [1.54, 1.807) is 4.68 Å². The molecule has 0 unspecified atom stereocenters. The minimum Gasteiger partial charge on any atom is -0.394 e. The third-order valence-corrected chi connectivity index (χ3v) is 2.68. The van der Waals surface area contributed by atoms with Gasteiger partial charge in [-0.2, -0.15) is 5.10 Å². The molecule has 0 aliphatic rings. The summed E-state index contributed by atoms with van der Waals surface area (Å²) in [6.07, 6.45) is 6.39. The van der Waals surface area contributed by atoms with Gasteiger partial charge in [0.15, 0.2) is 5.82 Å². The van der Waals surface area contributed by atoms with Gasteiger partial charge in [-0.15, -0.1) is 0 Å². The second kappa shape index (κ2) is 4.86. The van der Waals surface area contributed by atoms with Crippen molar-refractivity contribution in [1.82, 2.24) is 14.8 Å². The molecule has 0 saturated heterocycles. The molecule has 0 saturated carbocycles. The molecule has 2 N–H and O–H groups in total. The maximum Gasteiger partial charge on any atom is 0.173 e. The van der Waals surface area contributed by atoms with Gasteiger partial charge in [0.25, 0.3) is 0 Å². The number of hydrogen-bond donors (Lipinski definition) is 1. The van der Waals surface area contributed by atoms with Crippen LogP contribution < -0.4 is 10.6 Å². The molecule has 2 heterocycles. The average Bonchev–Trinajstić information content (AvgIpc) is 2.67. The second-order valence-corrected chi connectivity index (χ2v) is 4.11. The summed E-state index contributed by atoms with van der Waals surface area (Å²) in [5, 5.41) is 4.33. The predicted octanol–water partition coefficient (Wildman–Crippen LogP) is 1.08. The van der Waals surface area contributed by atoms with Crippen LogP contribution >= 0.6 is 0 Å². The van der Waals surface area contributed by atoms with Crippen LogP contribution in [0, 0.1) is 0 Å². The molecule has 17 heavy (non-hydrogen) atoms. The molecule has 90 valence electrons. The molecule has 2 aromatic rings. The smallest absolute Gasteiger partial charge is 0.173 e. The quantitative estimate of drug-likeness (QED) is 0.855. The lowest BCUT2D eigenvalue weighted by Crippen LogP contribution is -2.21. The van der Waals surface area contributed by atoms with E-state index in [-0.39, 0.29) is 0 Å². The molecule has 2 aromatic heterocycles. The minimum atomic E-state index is 0.713. The van der Waals surface area contributed by atoms with E-state index in [2.05, 4.69) is 15.0 Å². The number of hydrogen-bond acceptors (Lipinski definition) is 4. The van der Waals surface area contributed by atoms with Crippen LogP contribution in [0.2, 0.25) is 0 Å². The molecule has 0 fully saturated rings. The summed E-state index contributed by atoms with van der Waals surface area (Å²) >= 11 is 0. The first-order chi connectivity index (χ1) is 8.16. The Labute approximate surface area is 101 Å². The van der Waals surface area contributed by atoms with E-state index in [4.69, 9.17) is 5.73 Å². The van der Waals surface area contributed by atoms with Crippen LogP contribution in [0.3, 0.4) is 0 Å². The molecular weight excluding hydrogens is 214 g/mol. The van der Waals surface area contributed by atoms with Crippen molar-refractivity contribution in [3.05, 3.63) is 36.3 Å². The number of nitrogen functional groups attached to an aromatic ring is 1. The van der Waals surface area contributed by atoms with Crippen LogP contribution in [-0.2, 0) is 13.5 Å². The standard InChI is InChI=1S/C12H17N5/c1-16(12-11(13)9-17(2)15-12)8-5-10-3-6-14-7-4-10/h3-4,6-7,9H,5,8,13H2,1-2H3. The number of anilines is 2. The Balaban J connectivity index is 1.98. The molecule has 0 spiro atoms. The average molecular weight is 231 g/mol. The molecule has 0 bridgehead atoms. The summed E-state index contributed by atoms with van der Waals surface area (Å²) in [6.45, 7) is 0.880. The fourth-order valence-corrected chi connectivity index (χ4v) is 1.74. The molecule has 0 amide bonds. The first-order valence-corrected chi connectivity index (χ1v) is 5.56. The number of nitrogens with zero attached hydrogens (tertiary/aromatic N) is 4. The Morgan fingerprint density at radius 1 is 1.35 bits per heavy atom. The topological polar surface area (TPSA) is 60.0 Å². The van der Waals surface area contributed by atoms with Crippen molar-refractivity contribution in [3.63, 3.8) is 0 Å². The van der Waals surface area contributed by atoms with Crippen LogP contribution in [0.5, 0.6) is 0 Å². The van der Waals surface area contributed by atoms with Gasteiger partial charge in [0.2, 0.25) is 0 Å². The van der Waals surface area contributed by atoms with Crippen LogP contribution in [-0.4, -0.2) is 28.4 Å². The van der Waals surface area contributed by atoms with Crippen molar-refractivity contribution in [2.24, 2.45) is 7.05 Å². The summed E-state index contributed by atoms with van der Waals surface area (Å²) in [5.41, 5.74) is 7.85. The summed E-state index contributed by atoms with van der Waals surface area (Å²) in [7, 11) is 3.87. The summed E-state index contributed by atoms with van der Waals surface area (Å²) in [4.78, 5) is 6.06. The number of aryl methyl sites for hydroxylation is 1. The van der Waals surface area contributed by atoms with Crippen molar-refractivity contribution < 1.29 is 0 Å². The largest absolute Gasteiger partial charge is 0.394 e. The van der Waals surface area contributed by atoms with Gasteiger partial charge in [-0.1, -0.05) is 0 Å². The van der Waals surface area contributed by atoms with Gasteiger partial charge >= 0.3 is 0 Å². The van der Waals surface area contributed by atoms with Gasteiger partial charge in [-0.05, 0) is 24.1 Å². The summed E-state index contributed by atoms with van der Waals surface area (Å²) in [5.74, 6) is 0.835. The van der Waals surface area contributed by atoms with E-state index in [0.717, 1.165) is 18.8 Å². The number of pyridine rings is 1. The molecule has 0 atom stereocenters. The lowest BCUT2D eigenvalue weighted by Gasteiger charge is -2.16. The third kappa shape index (κ3) is 2.75. The molecule has 0 radical (unpaired) electrons. The van der Waals surface area contributed by atoms with E-state index >= 15 is 0 Å². The van der Waals surface area contributed by atoms with Gasteiger partial charge in [0.1, 0.15) is 0 Å². The highest BCUT2D eigenvalue weighted by molar-refractivity contribution is 5.61. The first kappa shape index (κ1) is 11.4. The molecule has 5 nitrogen and oxygen atoms in total. The zero-order valence-electron chi connectivity index (χ0n) is 10.2. The van der Waals surface area contributed by atoms with E-state index in [1.165, 1.54) is 5.56 Å². The molecule has 0 aromatic carbocycles. The normalized spacial score (nSPS) is 10.5. The van der Waals surface area contributed by atoms with Gasteiger partial charge in [0, 0.05) is 39.2 Å². The van der Waals surface area contributed by atoms with Crippen LogP contribution in [0.15, 0.2) is 30.7 Å². The highest BCUT2D eigenvalue weighted by Crippen LogP contribution is 2.18. The summed E-state index contributed by atoms with van der Waals surface area (Å²) in [6, 6.07) is 4.05. The zero-order chi connectivity index (χ0) is 12.3. The fourth-order valence-electron chi connectivity index (χ4n) is 1.74. The lowest BCUT2D eigenvalue weighted by molar-refractivity contribution is 0.749. The van der Waals surface area contributed by atoms with Gasteiger partial charge in [0.05, 0.1) is 5.69 Å². The van der Waals surface area contributed by atoms with Gasteiger partial charge in [-0.25, -0.2) is 0 Å². The van der Waals surface area contributed by atoms with Crippen molar-refractivity contribution >= 4 is 11.5 Å². The highest BCUT2D eigenvalue weighted by atomic mass is 15.3. The zero-order valence-corrected chi connectivity index (χ0v) is 10.2. The van der Waals surface area contributed by atoms with Crippen LogP contribution in [0.1, 0.15) is 5.56 Å². The molecular formula is C12H17N5. The molecule has 5 heteroatoms. The Hall–Kier alpha value is -2.04. The van der Waals surface area contributed by atoms with E-state index in [0.29, 0.717) is 5.69 Å². The van der Waals surface area contributed by atoms with Crippen LogP contribution in [0.25, 0.3) is 0 Å². The van der Waals surface area contributed by atoms with Crippen LogP contribution in [0.4, 0.5) is 11.5 Å². The summed E-state index contributed by atoms with van der Waals surface area (Å²) < 4.78 is 1.73. The van der Waals surface area contributed by atoms with Crippen molar-refractivity contribution in [3.8, 4) is 0 Å². The second-order valence-electron chi connectivity index (χ2n) is 4.11. The lowest BCUT2D eigenvalue weighted by atomic mass is 10.2. The number of rotatable bonds is 4. The predicted molar refractivity (Wildman–Crippen MR) is 68.8 cm³/mol.